The van der Waals surface area contributed by atoms with E-state index in [9.17, 15) is 14.7 Å². The van der Waals surface area contributed by atoms with E-state index in [1.54, 1.807) is 55.5 Å². The zero-order chi connectivity index (χ0) is 19.6. The molecule has 1 unspecified atom stereocenters. The van der Waals surface area contributed by atoms with Gasteiger partial charge in [-0.25, -0.2) is 0 Å². The van der Waals surface area contributed by atoms with E-state index in [0.717, 1.165) is 0 Å². The molecule has 0 aromatic heterocycles. The van der Waals surface area contributed by atoms with Gasteiger partial charge in [0.2, 0.25) is 0 Å². The second-order valence-electron chi connectivity index (χ2n) is 6.02. The van der Waals surface area contributed by atoms with Crippen molar-refractivity contribution in [2.45, 2.75) is 19.4 Å². The Morgan fingerprint density at radius 3 is 2.48 bits per heavy atom. The minimum absolute atomic E-state index is 0.0522. The average molecular weight is 362 g/mol. The molecule has 136 valence electrons. The molecular weight excluding hydrogens is 344 g/mol. The van der Waals surface area contributed by atoms with Gasteiger partial charge in [-0.15, -0.1) is 0 Å². The summed E-state index contributed by atoms with van der Waals surface area (Å²) in [6, 6.07) is 14.7. The molecule has 1 heterocycles. The van der Waals surface area contributed by atoms with E-state index in [-0.39, 0.29) is 17.8 Å². The number of aliphatic hydroxyl groups is 1. The highest BCUT2D eigenvalue weighted by Crippen LogP contribution is 2.44. The Morgan fingerprint density at radius 1 is 1.22 bits per heavy atom. The van der Waals surface area contributed by atoms with E-state index >= 15 is 0 Å². The molecule has 2 aromatic carbocycles. The van der Waals surface area contributed by atoms with E-state index in [4.69, 9.17) is 10.00 Å². The molecule has 0 saturated carbocycles. The number of amides is 1. The van der Waals surface area contributed by atoms with Crippen LogP contribution in [0.1, 0.15) is 30.5 Å². The number of aliphatic hydroxyl groups excluding tert-OH is 1. The molecule has 1 aliphatic rings. The molecule has 0 spiro atoms. The van der Waals surface area contributed by atoms with Crippen molar-refractivity contribution in [1.29, 1.82) is 5.26 Å². The molecule has 0 fully saturated rings. The largest absolute Gasteiger partial charge is 0.503 e. The number of benzene rings is 2. The second kappa shape index (κ2) is 7.34. The van der Waals surface area contributed by atoms with Gasteiger partial charge in [-0.05, 0) is 30.3 Å². The van der Waals surface area contributed by atoms with E-state index in [0.29, 0.717) is 22.6 Å². The molecule has 3 rings (SSSR count). The van der Waals surface area contributed by atoms with Gasteiger partial charge in [-0.1, -0.05) is 25.1 Å². The predicted octanol–water partition coefficient (Wildman–Crippen LogP) is 3.45. The van der Waals surface area contributed by atoms with Gasteiger partial charge in [-0.2, -0.15) is 5.26 Å². The number of para-hydroxylation sites is 1. The highest BCUT2D eigenvalue weighted by Gasteiger charge is 2.44. The first-order chi connectivity index (χ1) is 13.0. The van der Waals surface area contributed by atoms with Crippen molar-refractivity contribution in [1.82, 2.24) is 0 Å². The van der Waals surface area contributed by atoms with Crippen LogP contribution < -0.4 is 9.64 Å². The van der Waals surface area contributed by atoms with Gasteiger partial charge in [0.15, 0.2) is 11.5 Å². The first-order valence-electron chi connectivity index (χ1n) is 8.46. The molecule has 1 aliphatic heterocycles. The minimum Gasteiger partial charge on any atom is -0.503 e. The van der Waals surface area contributed by atoms with Crippen LogP contribution in [-0.2, 0) is 9.59 Å². The van der Waals surface area contributed by atoms with Crippen LogP contribution in [0.2, 0.25) is 0 Å². The number of hydrogen-bond donors (Lipinski definition) is 1. The predicted molar refractivity (Wildman–Crippen MR) is 99.3 cm³/mol. The van der Waals surface area contributed by atoms with Gasteiger partial charge in [0.1, 0.15) is 5.75 Å². The number of rotatable bonds is 5. The van der Waals surface area contributed by atoms with Gasteiger partial charge in [-0.3, -0.25) is 14.5 Å². The van der Waals surface area contributed by atoms with Crippen molar-refractivity contribution in [3.05, 3.63) is 71.0 Å². The van der Waals surface area contributed by atoms with Crippen molar-refractivity contribution in [3.8, 4) is 11.8 Å². The molecular formula is C21H18N2O4. The normalized spacial score (nSPS) is 16.4. The first kappa shape index (κ1) is 18.2. The number of Topliss-reactive ketones (excluding diaryl/α,β-unsaturated/α-hetero) is 1. The lowest BCUT2D eigenvalue weighted by Crippen LogP contribution is -2.31. The molecule has 1 N–H and O–H groups in total. The molecule has 6 heteroatoms. The number of carbonyl (C=O) groups is 2. The van der Waals surface area contributed by atoms with Gasteiger partial charge < -0.3 is 9.84 Å². The Balaban J connectivity index is 2.21. The quantitative estimate of drug-likeness (QED) is 0.880. The Bertz CT molecular complexity index is 970. The van der Waals surface area contributed by atoms with Crippen molar-refractivity contribution in [2.75, 3.05) is 12.0 Å². The summed E-state index contributed by atoms with van der Waals surface area (Å²) in [4.78, 5) is 26.7. The first-order valence-corrected chi connectivity index (χ1v) is 8.46. The third kappa shape index (κ3) is 3.04. The smallest absolute Gasteiger partial charge is 0.294 e. The molecule has 27 heavy (non-hydrogen) atoms. The van der Waals surface area contributed by atoms with Crippen LogP contribution in [0, 0.1) is 11.3 Å². The lowest BCUT2D eigenvalue weighted by molar-refractivity contribution is -0.118. The van der Waals surface area contributed by atoms with Gasteiger partial charge in [0.05, 0.1) is 30.4 Å². The molecule has 0 radical (unpaired) electrons. The summed E-state index contributed by atoms with van der Waals surface area (Å²) < 4.78 is 5.41. The van der Waals surface area contributed by atoms with E-state index in [1.807, 2.05) is 6.07 Å². The lowest BCUT2D eigenvalue weighted by atomic mass is 9.94. The highest BCUT2D eigenvalue weighted by atomic mass is 16.5. The van der Waals surface area contributed by atoms with Crippen LogP contribution in [0.3, 0.4) is 0 Å². The Labute approximate surface area is 156 Å². The molecule has 0 saturated heterocycles. The van der Waals surface area contributed by atoms with Crippen molar-refractivity contribution in [2.24, 2.45) is 0 Å². The summed E-state index contributed by atoms with van der Waals surface area (Å²) in [6.45, 7) is 1.68. The SMILES string of the molecule is CCC(=O)C1=C(O)C(=O)N(c2ccc(C#N)cc2)C1c1ccccc1OC. The van der Waals surface area contributed by atoms with E-state index < -0.39 is 17.7 Å². The Hall–Kier alpha value is -3.59. The zero-order valence-electron chi connectivity index (χ0n) is 15.0. The van der Waals surface area contributed by atoms with Crippen LogP contribution in [0.5, 0.6) is 5.75 Å². The topological polar surface area (TPSA) is 90.6 Å². The molecule has 0 bridgehead atoms. The standard InChI is InChI=1S/C21H18N2O4/c1-3-16(24)18-19(15-6-4-5-7-17(15)27-2)23(21(26)20(18)25)14-10-8-13(12-22)9-11-14/h4-11,19,25H,3H2,1-2H3. The summed E-state index contributed by atoms with van der Waals surface area (Å²) in [5.74, 6) is -1.02. The Kier molecular flexibility index (Phi) is 4.95. The second-order valence-corrected chi connectivity index (χ2v) is 6.02. The summed E-state index contributed by atoms with van der Waals surface area (Å²) in [7, 11) is 1.51. The number of methoxy groups -OCH3 is 1. The van der Waals surface area contributed by atoms with Crippen LogP contribution in [0.15, 0.2) is 59.9 Å². The number of ketones is 1. The third-order valence-electron chi connectivity index (χ3n) is 4.54. The fourth-order valence-electron chi connectivity index (χ4n) is 3.23. The monoisotopic (exact) mass is 362 g/mol. The molecule has 0 aliphatic carbocycles. The van der Waals surface area contributed by atoms with E-state index in [2.05, 4.69) is 0 Å². The van der Waals surface area contributed by atoms with Crippen molar-refractivity contribution in [3.63, 3.8) is 0 Å². The molecule has 1 amide bonds. The molecule has 1 atom stereocenters. The van der Waals surface area contributed by atoms with Crippen LogP contribution in [0.25, 0.3) is 0 Å². The summed E-state index contributed by atoms with van der Waals surface area (Å²) in [6.07, 6.45) is 0.152. The van der Waals surface area contributed by atoms with Crippen LogP contribution >= 0.6 is 0 Å². The lowest BCUT2D eigenvalue weighted by Gasteiger charge is -2.28. The van der Waals surface area contributed by atoms with E-state index in [1.165, 1.54) is 12.0 Å². The Morgan fingerprint density at radius 2 is 1.89 bits per heavy atom. The van der Waals surface area contributed by atoms with Gasteiger partial charge >= 0.3 is 0 Å². The molecule has 6 nitrogen and oxygen atoms in total. The number of ether oxygens (including phenoxy) is 1. The fourth-order valence-corrected chi connectivity index (χ4v) is 3.23. The maximum atomic E-state index is 12.8. The maximum Gasteiger partial charge on any atom is 0.294 e. The number of nitriles is 1. The van der Waals surface area contributed by atoms with Crippen LogP contribution in [0.4, 0.5) is 5.69 Å². The molecule has 2 aromatic rings. The summed E-state index contributed by atoms with van der Waals surface area (Å²) >= 11 is 0. The fraction of sp³-hybridized carbons (Fsp3) is 0.190. The van der Waals surface area contributed by atoms with Crippen LogP contribution in [-0.4, -0.2) is 23.9 Å². The maximum absolute atomic E-state index is 12.8. The van der Waals surface area contributed by atoms with Gasteiger partial charge in [0.25, 0.3) is 5.91 Å². The minimum atomic E-state index is -0.811. The third-order valence-corrected chi connectivity index (χ3v) is 4.54. The van der Waals surface area contributed by atoms with Gasteiger partial charge in [0, 0.05) is 17.7 Å². The number of carbonyl (C=O) groups excluding carboxylic acids is 2. The summed E-state index contributed by atoms with van der Waals surface area (Å²) in [5, 5.41) is 19.5. The zero-order valence-corrected chi connectivity index (χ0v) is 15.0. The average Bonchev–Trinajstić information content (AvgIpc) is 2.98. The number of anilines is 1. The van der Waals surface area contributed by atoms with Crippen molar-refractivity contribution < 1.29 is 19.4 Å². The highest BCUT2D eigenvalue weighted by molar-refractivity contribution is 6.16. The summed E-state index contributed by atoms with van der Waals surface area (Å²) in [5.41, 5.74) is 1.57. The number of nitrogens with zero attached hydrogens (tertiary/aromatic N) is 2. The van der Waals surface area contributed by atoms with Crippen molar-refractivity contribution >= 4 is 17.4 Å². The number of hydrogen-bond acceptors (Lipinski definition) is 5.